The third-order valence-corrected chi connectivity index (χ3v) is 3.48. The van der Waals surface area contributed by atoms with Gasteiger partial charge in [-0.1, -0.05) is 41.5 Å². The van der Waals surface area contributed by atoms with E-state index in [2.05, 4.69) is 10.6 Å². The SMILES string of the molecule is CCC(C)(C)C(=O)C(=O)NC(C)(C)C(=O)NCC(C)(C)C. The number of carbonyl (C=O) groups is 3. The maximum absolute atomic E-state index is 12.2. The number of carbonyl (C=O) groups excluding carboxylic acids is 3. The fourth-order valence-electron chi connectivity index (χ4n) is 1.43. The van der Waals surface area contributed by atoms with Crippen molar-refractivity contribution >= 4 is 17.6 Å². The second-order valence-corrected chi connectivity index (χ2v) is 7.89. The molecule has 0 unspecified atom stereocenters. The molecule has 0 rings (SSSR count). The van der Waals surface area contributed by atoms with E-state index in [0.717, 1.165) is 0 Å². The van der Waals surface area contributed by atoms with Gasteiger partial charge in [0.25, 0.3) is 5.91 Å². The normalized spacial score (nSPS) is 12.8. The molecule has 0 aliphatic carbocycles. The Kier molecular flexibility index (Phi) is 6.15. The summed E-state index contributed by atoms with van der Waals surface area (Å²) in [5.41, 5.74) is -1.89. The fraction of sp³-hybridized carbons (Fsp3) is 0.812. The van der Waals surface area contributed by atoms with Crippen molar-refractivity contribution in [1.29, 1.82) is 0 Å². The van der Waals surface area contributed by atoms with Gasteiger partial charge in [-0.15, -0.1) is 0 Å². The van der Waals surface area contributed by atoms with Gasteiger partial charge >= 0.3 is 0 Å². The Morgan fingerprint density at radius 3 is 1.76 bits per heavy atom. The molecule has 0 aromatic rings. The topological polar surface area (TPSA) is 75.3 Å². The highest BCUT2D eigenvalue weighted by molar-refractivity contribution is 6.38. The molecule has 0 saturated heterocycles. The Labute approximate surface area is 128 Å². The van der Waals surface area contributed by atoms with Crippen LogP contribution in [0.3, 0.4) is 0 Å². The van der Waals surface area contributed by atoms with Gasteiger partial charge in [0, 0.05) is 12.0 Å². The van der Waals surface area contributed by atoms with Crippen molar-refractivity contribution in [1.82, 2.24) is 10.6 Å². The number of rotatable bonds is 6. The number of hydrogen-bond donors (Lipinski definition) is 2. The third kappa shape index (κ3) is 6.27. The summed E-state index contributed by atoms with van der Waals surface area (Å²) < 4.78 is 0. The van der Waals surface area contributed by atoms with Gasteiger partial charge in [-0.05, 0) is 25.7 Å². The lowest BCUT2D eigenvalue weighted by Gasteiger charge is -2.29. The van der Waals surface area contributed by atoms with Crippen LogP contribution in [0.2, 0.25) is 0 Å². The predicted molar refractivity (Wildman–Crippen MR) is 83.8 cm³/mol. The average Bonchev–Trinajstić information content (AvgIpc) is 2.33. The molecule has 0 saturated carbocycles. The van der Waals surface area contributed by atoms with Crippen molar-refractivity contribution in [2.24, 2.45) is 10.8 Å². The van der Waals surface area contributed by atoms with Gasteiger partial charge in [0.05, 0.1) is 0 Å². The Bertz CT molecular complexity index is 418. The summed E-state index contributed by atoms with van der Waals surface area (Å²) in [5.74, 6) is -1.51. The lowest BCUT2D eigenvalue weighted by Crippen LogP contribution is -2.58. The maximum Gasteiger partial charge on any atom is 0.288 e. The van der Waals surface area contributed by atoms with Crippen LogP contribution < -0.4 is 10.6 Å². The minimum Gasteiger partial charge on any atom is -0.354 e. The fourth-order valence-corrected chi connectivity index (χ4v) is 1.43. The van der Waals surface area contributed by atoms with Crippen molar-refractivity contribution in [3.63, 3.8) is 0 Å². The molecule has 2 N–H and O–H groups in total. The van der Waals surface area contributed by atoms with Gasteiger partial charge in [-0.2, -0.15) is 0 Å². The number of hydrogen-bond acceptors (Lipinski definition) is 3. The number of ketones is 1. The van der Waals surface area contributed by atoms with Crippen LogP contribution in [0.25, 0.3) is 0 Å². The first kappa shape index (κ1) is 19.6. The van der Waals surface area contributed by atoms with Gasteiger partial charge < -0.3 is 10.6 Å². The van der Waals surface area contributed by atoms with Crippen LogP contribution >= 0.6 is 0 Å². The highest BCUT2D eigenvalue weighted by atomic mass is 16.2. The summed E-state index contributed by atoms with van der Waals surface area (Å²) in [6.07, 6.45) is 0.565. The van der Waals surface area contributed by atoms with E-state index >= 15 is 0 Å². The minimum atomic E-state index is -1.12. The van der Waals surface area contributed by atoms with Crippen LogP contribution in [0.15, 0.2) is 0 Å². The van der Waals surface area contributed by atoms with E-state index in [-0.39, 0.29) is 11.3 Å². The van der Waals surface area contributed by atoms with Crippen LogP contribution in [0.4, 0.5) is 0 Å². The molecule has 5 heteroatoms. The molecule has 0 aromatic heterocycles. The maximum atomic E-state index is 12.2. The molecule has 0 aromatic carbocycles. The molecule has 0 heterocycles. The van der Waals surface area contributed by atoms with Gasteiger partial charge in [0.15, 0.2) is 0 Å². The Balaban J connectivity index is 4.77. The van der Waals surface area contributed by atoms with E-state index in [1.165, 1.54) is 0 Å². The summed E-state index contributed by atoms with van der Waals surface area (Å²) in [6, 6.07) is 0. The minimum absolute atomic E-state index is 0.0459. The highest BCUT2D eigenvalue weighted by Crippen LogP contribution is 2.21. The zero-order valence-corrected chi connectivity index (χ0v) is 14.6. The lowest BCUT2D eigenvalue weighted by atomic mass is 9.84. The highest BCUT2D eigenvalue weighted by Gasteiger charge is 2.37. The van der Waals surface area contributed by atoms with Crippen molar-refractivity contribution in [2.75, 3.05) is 6.54 Å². The summed E-state index contributed by atoms with van der Waals surface area (Å²) in [7, 11) is 0. The average molecular weight is 298 g/mol. The van der Waals surface area contributed by atoms with E-state index in [1.54, 1.807) is 27.7 Å². The lowest BCUT2D eigenvalue weighted by molar-refractivity contribution is -0.145. The quantitative estimate of drug-likeness (QED) is 0.737. The summed E-state index contributed by atoms with van der Waals surface area (Å²) in [5, 5.41) is 5.33. The molecular weight excluding hydrogens is 268 g/mol. The number of amides is 2. The number of Topliss-reactive ketones (excluding diaryl/α,β-unsaturated/α-hetero) is 1. The van der Waals surface area contributed by atoms with Crippen molar-refractivity contribution in [2.45, 2.75) is 67.3 Å². The first-order chi connectivity index (χ1) is 9.23. The Hall–Kier alpha value is -1.39. The summed E-state index contributed by atoms with van der Waals surface area (Å²) in [4.78, 5) is 36.3. The number of nitrogens with one attached hydrogen (secondary N) is 2. The largest absolute Gasteiger partial charge is 0.354 e. The van der Waals surface area contributed by atoms with Gasteiger partial charge in [-0.3, -0.25) is 14.4 Å². The molecule has 122 valence electrons. The van der Waals surface area contributed by atoms with Gasteiger partial charge in [-0.25, -0.2) is 0 Å². The molecule has 0 aliphatic heterocycles. The van der Waals surface area contributed by atoms with E-state index in [1.807, 2.05) is 27.7 Å². The molecule has 0 bridgehead atoms. The van der Waals surface area contributed by atoms with Crippen molar-refractivity contribution in [3.05, 3.63) is 0 Å². The zero-order valence-electron chi connectivity index (χ0n) is 14.6. The van der Waals surface area contributed by atoms with Crippen LogP contribution in [-0.2, 0) is 14.4 Å². The molecule has 0 atom stereocenters. The molecule has 2 amide bonds. The monoisotopic (exact) mass is 298 g/mol. The Morgan fingerprint density at radius 1 is 0.905 bits per heavy atom. The van der Waals surface area contributed by atoms with Crippen molar-refractivity contribution in [3.8, 4) is 0 Å². The molecule has 0 aliphatic rings. The smallest absolute Gasteiger partial charge is 0.288 e. The molecular formula is C16H30N2O3. The standard InChI is InChI=1S/C16H30N2O3/c1-9-15(5,6)11(19)12(20)18-16(7,8)13(21)17-10-14(2,3)4/h9-10H2,1-8H3,(H,17,21)(H,18,20). The first-order valence-corrected chi connectivity index (χ1v) is 7.38. The van der Waals surface area contributed by atoms with Gasteiger partial charge in [0.1, 0.15) is 5.54 Å². The molecule has 21 heavy (non-hydrogen) atoms. The second kappa shape index (κ2) is 6.58. The van der Waals surface area contributed by atoms with E-state index < -0.39 is 22.6 Å². The first-order valence-electron chi connectivity index (χ1n) is 7.38. The molecule has 5 nitrogen and oxygen atoms in total. The van der Waals surface area contributed by atoms with Crippen LogP contribution in [0, 0.1) is 10.8 Å². The van der Waals surface area contributed by atoms with Crippen molar-refractivity contribution < 1.29 is 14.4 Å². The van der Waals surface area contributed by atoms with Crippen LogP contribution in [0.5, 0.6) is 0 Å². The predicted octanol–water partition coefficient (Wildman–Crippen LogP) is 2.05. The summed E-state index contributed by atoms with van der Waals surface area (Å²) in [6.45, 7) is 15.0. The summed E-state index contributed by atoms with van der Waals surface area (Å²) >= 11 is 0. The second-order valence-electron chi connectivity index (χ2n) is 7.89. The van der Waals surface area contributed by atoms with Crippen LogP contribution in [0.1, 0.15) is 61.8 Å². The Morgan fingerprint density at radius 2 is 1.38 bits per heavy atom. The van der Waals surface area contributed by atoms with E-state index in [4.69, 9.17) is 0 Å². The zero-order chi connectivity index (χ0) is 17.1. The third-order valence-electron chi connectivity index (χ3n) is 3.48. The molecule has 0 spiro atoms. The van der Waals surface area contributed by atoms with E-state index in [0.29, 0.717) is 13.0 Å². The van der Waals surface area contributed by atoms with E-state index in [9.17, 15) is 14.4 Å². The molecule has 0 radical (unpaired) electrons. The van der Waals surface area contributed by atoms with Crippen LogP contribution in [-0.4, -0.2) is 29.7 Å². The van der Waals surface area contributed by atoms with Gasteiger partial charge in [0.2, 0.25) is 11.7 Å². The molecule has 0 fully saturated rings.